The molecule has 2 aliphatic heterocycles. The molecule has 0 radical (unpaired) electrons. The van der Waals surface area contributed by atoms with Gasteiger partial charge in [0.25, 0.3) is 0 Å². The molecular formula is C22H28N2O. The Balaban J connectivity index is 1.30. The van der Waals surface area contributed by atoms with Gasteiger partial charge in [0.05, 0.1) is 12.7 Å². The zero-order valence-electron chi connectivity index (χ0n) is 15.2. The quantitative estimate of drug-likeness (QED) is 0.844. The minimum absolute atomic E-state index is 0.278. The van der Waals surface area contributed by atoms with Crippen molar-refractivity contribution < 1.29 is 4.74 Å². The number of anilines is 1. The molecule has 2 aliphatic rings. The average molecular weight is 336 g/mol. The molecule has 132 valence electrons. The van der Waals surface area contributed by atoms with E-state index in [0.29, 0.717) is 0 Å². The van der Waals surface area contributed by atoms with E-state index in [9.17, 15) is 0 Å². The molecule has 0 saturated carbocycles. The number of hydrogen-bond donors (Lipinski definition) is 0. The van der Waals surface area contributed by atoms with Crippen molar-refractivity contribution in [2.45, 2.75) is 25.9 Å². The number of piperazine rings is 1. The third kappa shape index (κ3) is 3.88. The van der Waals surface area contributed by atoms with Crippen LogP contribution < -0.4 is 4.90 Å². The molecule has 3 nitrogen and oxygen atoms in total. The molecule has 1 fully saturated rings. The Morgan fingerprint density at radius 2 is 1.84 bits per heavy atom. The first-order chi connectivity index (χ1) is 12.3. The zero-order valence-corrected chi connectivity index (χ0v) is 15.2. The number of fused-ring (bicyclic) bond motifs is 1. The highest BCUT2D eigenvalue weighted by molar-refractivity contribution is 5.48. The molecular weight excluding hydrogens is 308 g/mol. The molecule has 25 heavy (non-hydrogen) atoms. The first-order valence-electron chi connectivity index (χ1n) is 9.53. The van der Waals surface area contributed by atoms with Crippen LogP contribution in [0.15, 0.2) is 48.5 Å². The van der Waals surface area contributed by atoms with Crippen LogP contribution in [-0.2, 0) is 11.2 Å². The fourth-order valence-electron chi connectivity index (χ4n) is 4.07. The fourth-order valence-corrected chi connectivity index (χ4v) is 4.07. The molecule has 2 aromatic rings. The molecule has 0 N–H and O–H groups in total. The van der Waals surface area contributed by atoms with Gasteiger partial charge in [0.1, 0.15) is 0 Å². The van der Waals surface area contributed by atoms with Gasteiger partial charge >= 0.3 is 0 Å². The largest absolute Gasteiger partial charge is 0.373 e. The Hall–Kier alpha value is -1.84. The van der Waals surface area contributed by atoms with Crippen LogP contribution in [0.4, 0.5) is 5.69 Å². The molecule has 1 unspecified atom stereocenters. The fraction of sp³-hybridized carbons (Fsp3) is 0.455. The number of hydrogen-bond acceptors (Lipinski definition) is 3. The summed E-state index contributed by atoms with van der Waals surface area (Å²) in [4.78, 5) is 5.10. The maximum absolute atomic E-state index is 6.06. The molecule has 1 atom stereocenters. The van der Waals surface area contributed by atoms with Crippen LogP contribution in [0.25, 0.3) is 0 Å². The highest BCUT2D eigenvalue weighted by atomic mass is 16.5. The molecule has 4 rings (SSSR count). The normalized spacial score (nSPS) is 21.2. The van der Waals surface area contributed by atoms with Gasteiger partial charge in [0.2, 0.25) is 0 Å². The third-order valence-electron chi connectivity index (χ3n) is 5.54. The van der Waals surface area contributed by atoms with E-state index < -0.39 is 0 Å². The maximum Gasteiger partial charge on any atom is 0.0839 e. The van der Waals surface area contributed by atoms with Crippen molar-refractivity contribution in [3.8, 4) is 0 Å². The Labute approximate surface area is 151 Å². The number of nitrogens with zero attached hydrogens (tertiary/aromatic N) is 2. The zero-order chi connectivity index (χ0) is 17.1. The second-order valence-electron chi connectivity index (χ2n) is 7.26. The Kier molecular flexibility index (Phi) is 5.04. The third-order valence-corrected chi connectivity index (χ3v) is 5.54. The van der Waals surface area contributed by atoms with Gasteiger partial charge in [-0.1, -0.05) is 36.4 Å². The van der Waals surface area contributed by atoms with Crippen LogP contribution in [0.1, 0.15) is 29.2 Å². The first kappa shape index (κ1) is 16.6. The van der Waals surface area contributed by atoms with Crippen LogP contribution in [0.2, 0.25) is 0 Å². The summed E-state index contributed by atoms with van der Waals surface area (Å²) in [6.07, 6.45) is 2.43. The van der Waals surface area contributed by atoms with Crippen molar-refractivity contribution in [3.05, 3.63) is 65.2 Å². The van der Waals surface area contributed by atoms with Crippen molar-refractivity contribution in [2.75, 3.05) is 44.2 Å². The molecule has 2 aromatic carbocycles. The molecule has 0 aliphatic carbocycles. The summed E-state index contributed by atoms with van der Waals surface area (Å²) in [7, 11) is 0. The summed E-state index contributed by atoms with van der Waals surface area (Å²) in [5.41, 5.74) is 5.59. The topological polar surface area (TPSA) is 15.7 Å². The standard InChI is InChI=1S/C22H28N2O/c1-18-5-4-7-20(17-18)24-14-12-23(13-15-24)11-9-22-21-8-3-2-6-19(21)10-16-25-22/h2-8,17,22H,9-16H2,1H3. The Morgan fingerprint density at radius 1 is 1.00 bits per heavy atom. The van der Waals surface area contributed by atoms with E-state index in [1.165, 1.54) is 22.4 Å². The summed E-state index contributed by atoms with van der Waals surface area (Å²) in [6.45, 7) is 8.67. The Bertz CT molecular complexity index is 707. The van der Waals surface area contributed by atoms with Gasteiger partial charge in [0, 0.05) is 38.4 Å². The van der Waals surface area contributed by atoms with Crippen molar-refractivity contribution >= 4 is 5.69 Å². The monoisotopic (exact) mass is 336 g/mol. The minimum Gasteiger partial charge on any atom is -0.373 e. The van der Waals surface area contributed by atoms with Crippen molar-refractivity contribution in [1.29, 1.82) is 0 Å². The second kappa shape index (κ2) is 7.59. The lowest BCUT2D eigenvalue weighted by Gasteiger charge is -2.37. The van der Waals surface area contributed by atoms with E-state index in [2.05, 4.69) is 65.3 Å². The lowest BCUT2D eigenvalue weighted by Crippen LogP contribution is -2.47. The smallest absolute Gasteiger partial charge is 0.0839 e. The highest BCUT2D eigenvalue weighted by Gasteiger charge is 2.23. The first-order valence-corrected chi connectivity index (χ1v) is 9.53. The lowest BCUT2D eigenvalue weighted by molar-refractivity contribution is 0.0289. The molecule has 3 heteroatoms. The van der Waals surface area contributed by atoms with Gasteiger partial charge in [0.15, 0.2) is 0 Å². The molecule has 1 saturated heterocycles. The van der Waals surface area contributed by atoms with Crippen LogP contribution >= 0.6 is 0 Å². The highest BCUT2D eigenvalue weighted by Crippen LogP contribution is 2.29. The summed E-state index contributed by atoms with van der Waals surface area (Å²) in [6, 6.07) is 17.6. The summed E-state index contributed by atoms with van der Waals surface area (Å²) in [5.74, 6) is 0. The lowest BCUT2D eigenvalue weighted by atomic mass is 9.95. The summed E-state index contributed by atoms with van der Waals surface area (Å²) >= 11 is 0. The summed E-state index contributed by atoms with van der Waals surface area (Å²) < 4.78 is 6.06. The van der Waals surface area contributed by atoms with E-state index >= 15 is 0 Å². The summed E-state index contributed by atoms with van der Waals surface area (Å²) in [5, 5.41) is 0. The van der Waals surface area contributed by atoms with E-state index in [1.54, 1.807) is 0 Å². The molecule has 0 bridgehead atoms. The van der Waals surface area contributed by atoms with E-state index in [1.807, 2.05) is 0 Å². The Morgan fingerprint density at radius 3 is 2.68 bits per heavy atom. The molecule has 0 aromatic heterocycles. The van der Waals surface area contributed by atoms with Gasteiger partial charge in [-0.15, -0.1) is 0 Å². The molecule has 2 heterocycles. The maximum atomic E-state index is 6.06. The predicted octanol–water partition coefficient (Wildman–Crippen LogP) is 3.82. The molecule has 0 spiro atoms. The number of ether oxygens (including phenoxy) is 1. The predicted molar refractivity (Wildman–Crippen MR) is 103 cm³/mol. The van der Waals surface area contributed by atoms with E-state index in [-0.39, 0.29) is 6.10 Å². The van der Waals surface area contributed by atoms with Crippen LogP contribution in [0, 0.1) is 6.92 Å². The molecule has 0 amide bonds. The number of rotatable bonds is 4. The van der Waals surface area contributed by atoms with Gasteiger partial charge in [-0.05, 0) is 48.6 Å². The van der Waals surface area contributed by atoms with Crippen molar-refractivity contribution in [1.82, 2.24) is 4.90 Å². The number of aryl methyl sites for hydroxylation is 1. The van der Waals surface area contributed by atoms with Gasteiger partial charge in [-0.2, -0.15) is 0 Å². The van der Waals surface area contributed by atoms with Gasteiger partial charge in [-0.25, -0.2) is 0 Å². The van der Waals surface area contributed by atoms with Gasteiger partial charge < -0.3 is 9.64 Å². The second-order valence-corrected chi connectivity index (χ2v) is 7.26. The number of benzene rings is 2. The van der Waals surface area contributed by atoms with Crippen molar-refractivity contribution in [2.24, 2.45) is 0 Å². The SMILES string of the molecule is Cc1cccc(N2CCN(CCC3OCCc4ccccc43)CC2)c1. The average Bonchev–Trinajstić information content (AvgIpc) is 2.67. The van der Waals surface area contributed by atoms with E-state index in [0.717, 1.165) is 52.2 Å². The van der Waals surface area contributed by atoms with Crippen LogP contribution in [-0.4, -0.2) is 44.2 Å². The van der Waals surface area contributed by atoms with Crippen LogP contribution in [0.5, 0.6) is 0 Å². The van der Waals surface area contributed by atoms with Crippen molar-refractivity contribution in [3.63, 3.8) is 0 Å². The van der Waals surface area contributed by atoms with E-state index in [4.69, 9.17) is 4.74 Å². The van der Waals surface area contributed by atoms with Gasteiger partial charge in [-0.3, -0.25) is 4.90 Å². The minimum atomic E-state index is 0.278. The van der Waals surface area contributed by atoms with Crippen LogP contribution in [0.3, 0.4) is 0 Å².